The van der Waals surface area contributed by atoms with Gasteiger partial charge < -0.3 is 15.1 Å². The molecule has 0 aromatic heterocycles. The Morgan fingerprint density at radius 1 is 1.35 bits per heavy atom. The zero-order chi connectivity index (χ0) is 13.6. The molecule has 2 N–H and O–H groups in total. The molecule has 1 fully saturated rings. The van der Waals surface area contributed by atoms with E-state index in [0.29, 0.717) is 0 Å². The lowest BCUT2D eigenvalue weighted by atomic mass is 9.80. The third kappa shape index (κ3) is 6.15. The quantitative estimate of drug-likeness (QED) is 0.698. The molecule has 0 spiro atoms. The molecule has 1 aliphatic rings. The zero-order valence-corrected chi connectivity index (χ0v) is 11.6. The van der Waals surface area contributed by atoms with Crippen LogP contribution >= 0.6 is 0 Å². The standard InChI is InChI=1S/C9H16FN.C4H10O2/c1-9(2)7-11(3)5-4-8(9)6-10;1-3(2)4(5)6/h6H,4-5,7H2,1-3H3;3-6H,1-2H3/b8-6+;. The van der Waals surface area contributed by atoms with Crippen LogP contribution in [0.2, 0.25) is 0 Å². The highest BCUT2D eigenvalue weighted by Crippen LogP contribution is 2.33. The van der Waals surface area contributed by atoms with Crippen LogP contribution in [0.4, 0.5) is 4.39 Å². The molecule has 0 radical (unpaired) electrons. The fourth-order valence-electron chi connectivity index (χ4n) is 1.71. The van der Waals surface area contributed by atoms with Crippen LogP contribution in [0.3, 0.4) is 0 Å². The molecule has 1 aliphatic heterocycles. The summed E-state index contributed by atoms with van der Waals surface area (Å²) in [5.74, 6) is -0.0370. The first-order valence-electron chi connectivity index (χ1n) is 6.05. The maximum absolute atomic E-state index is 12.3. The third-order valence-electron chi connectivity index (χ3n) is 3.03. The van der Waals surface area contributed by atoms with Gasteiger partial charge in [-0.25, -0.2) is 4.39 Å². The Morgan fingerprint density at radius 2 is 1.82 bits per heavy atom. The molecule has 0 unspecified atom stereocenters. The molecular formula is C13H26FNO2. The SMILES string of the molecule is CC(C)C(O)O.CN1CC/C(=C\F)C(C)(C)C1. The largest absolute Gasteiger partial charge is 0.368 e. The molecule has 0 aromatic carbocycles. The molecule has 17 heavy (non-hydrogen) atoms. The number of halogens is 1. The number of likely N-dealkylation sites (tertiary alicyclic amines) is 1. The van der Waals surface area contributed by atoms with E-state index in [0.717, 1.165) is 31.4 Å². The van der Waals surface area contributed by atoms with Crippen LogP contribution in [-0.2, 0) is 0 Å². The molecule has 0 aromatic rings. The van der Waals surface area contributed by atoms with E-state index in [9.17, 15) is 4.39 Å². The normalized spacial score (nSPS) is 22.8. The van der Waals surface area contributed by atoms with E-state index in [1.54, 1.807) is 13.8 Å². The average molecular weight is 247 g/mol. The van der Waals surface area contributed by atoms with Gasteiger partial charge in [-0.15, -0.1) is 0 Å². The van der Waals surface area contributed by atoms with E-state index in [1.165, 1.54) is 0 Å². The highest BCUT2D eigenvalue weighted by molar-refractivity contribution is 5.13. The van der Waals surface area contributed by atoms with Crippen molar-refractivity contribution in [1.82, 2.24) is 4.90 Å². The lowest BCUT2D eigenvalue weighted by Crippen LogP contribution is -2.39. The first-order chi connectivity index (χ1) is 7.70. The van der Waals surface area contributed by atoms with Crippen molar-refractivity contribution in [1.29, 1.82) is 0 Å². The van der Waals surface area contributed by atoms with Gasteiger partial charge in [0.15, 0.2) is 6.29 Å². The number of hydrogen-bond donors (Lipinski definition) is 2. The van der Waals surface area contributed by atoms with Gasteiger partial charge >= 0.3 is 0 Å². The molecule has 0 atom stereocenters. The van der Waals surface area contributed by atoms with Gasteiger partial charge in [0.2, 0.25) is 0 Å². The van der Waals surface area contributed by atoms with E-state index in [1.807, 2.05) is 0 Å². The number of rotatable bonds is 1. The van der Waals surface area contributed by atoms with Gasteiger partial charge in [0.25, 0.3) is 0 Å². The number of nitrogens with zero attached hydrogens (tertiary/aromatic N) is 1. The Kier molecular flexibility index (Phi) is 6.90. The predicted molar refractivity (Wildman–Crippen MR) is 68.1 cm³/mol. The molecule has 1 saturated heterocycles. The first-order valence-corrected chi connectivity index (χ1v) is 6.05. The van der Waals surface area contributed by atoms with Crippen molar-refractivity contribution in [2.24, 2.45) is 11.3 Å². The van der Waals surface area contributed by atoms with Crippen LogP contribution in [0, 0.1) is 11.3 Å². The van der Waals surface area contributed by atoms with Crippen molar-refractivity contribution in [2.75, 3.05) is 20.1 Å². The Balaban J connectivity index is 0.000000366. The summed E-state index contributed by atoms with van der Waals surface area (Å²) in [6.07, 6.45) is 0.512. The summed E-state index contributed by atoms with van der Waals surface area (Å²) in [6, 6.07) is 0. The lowest BCUT2D eigenvalue weighted by Gasteiger charge is -2.37. The van der Waals surface area contributed by atoms with Crippen molar-refractivity contribution in [2.45, 2.75) is 40.4 Å². The molecule has 3 nitrogen and oxygen atoms in total. The van der Waals surface area contributed by atoms with E-state index < -0.39 is 6.29 Å². The number of aliphatic hydroxyl groups excluding tert-OH is 1. The lowest BCUT2D eigenvalue weighted by molar-refractivity contribution is -0.0731. The number of aliphatic hydroxyl groups is 2. The molecule has 0 aliphatic carbocycles. The second kappa shape index (κ2) is 7.09. The molecule has 0 bridgehead atoms. The predicted octanol–water partition coefficient (Wildman–Crippen LogP) is 2.15. The summed E-state index contributed by atoms with van der Waals surface area (Å²) in [6.45, 7) is 9.61. The van der Waals surface area contributed by atoms with Crippen molar-refractivity contribution in [3.63, 3.8) is 0 Å². The number of hydrogen-bond acceptors (Lipinski definition) is 3. The highest BCUT2D eigenvalue weighted by atomic mass is 19.1. The zero-order valence-electron chi connectivity index (χ0n) is 11.6. The summed E-state index contributed by atoms with van der Waals surface area (Å²) in [5.41, 5.74) is 0.984. The van der Waals surface area contributed by atoms with Gasteiger partial charge in [0.05, 0.1) is 6.33 Å². The maximum atomic E-state index is 12.3. The van der Waals surface area contributed by atoms with Gasteiger partial charge in [0, 0.05) is 24.4 Å². The topological polar surface area (TPSA) is 43.7 Å². The van der Waals surface area contributed by atoms with E-state index in [4.69, 9.17) is 10.2 Å². The average Bonchev–Trinajstić information content (AvgIpc) is 2.16. The molecule has 4 heteroatoms. The molecule has 0 saturated carbocycles. The fourth-order valence-corrected chi connectivity index (χ4v) is 1.71. The van der Waals surface area contributed by atoms with Crippen LogP contribution in [0.15, 0.2) is 11.9 Å². The van der Waals surface area contributed by atoms with E-state index >= 15 is 0 Å². The maximum Gasteiger partial charge on any atom is 0.153 e. The molecule has 0 amide bonds. The van der Waals surface area contributed by atoms with Gasteiger partial charge in [-0.2, -0.15) is 0 Å². The van der Waals surface area contributed by atoms with Crippen molar-refractivity contribution >= 4 is 0 Å². The number of piperidine rings is 1. The smallest absolute Gasteiger partial charge is 0.153 e. The summed E-state index contributed by atoms with van der Waals surface area (Å²) in [5, 5.41) is 16.4. The van der Waals surface area contributed by atoms with E-state index in [2.05, 4.69) is 25.8 Å². The summed E-state index contributed by atoms with van der Waals surface area (Å²) in [4.78, 5) is 2.24. The Labute approximate surface area is 104 Å². The second-order valence-corrected chi connectivity index (χ2v) is 5.66. The minimum atomic E-state index is -1.15. The molecular weight excluding hydrogens is 221 g/mol. The minimum absolute atomic E-state index is 0.0295. The highest BCUT2D eigenvalue weighted by Gasteiger charge is 2.29. The van der Waals surface area contributed by atoms with Gasteiger partial charge in [0.1, 0.15) is 0 Å². The van der Waals surface area contributed by atoms with Crippen molar-refractivity contribution in [3.05, 3.63) is 11.9 Å². The van der Waals surface area contributed by atoms with E-state index in [-0.39, 0.29) is 11.3 Å². The van der Waals surface area contributed by atoms with Gasteiger partial charge in [-0.05, 0) is 19.0 Å². The van der Waals surface area contributed by atoms with Crippen molar-refractivity contribution < 1.29 is 14.6 Å². The van der Waals surface area contributed by atoms with Crippen LogP contribution < -0.4 is 0 Å². The van der Waals surface area contributed by atoms with Crippen LogP contribution in [0.25, 0.3) is 0 Å². The van der Waals surface area contributed by atoms with Gasteiger partial charge in [-0.1, -0.05) is 27.7 Å². The Morgan fingerprint density at radius 3 is 2.12 bits per heavy atom. The molecule has 1 rings (SSSR count). The summed E-state index contributed by atoms with van der Waals surface area (Å²) >= 11 is 0. The third-order valence-corrected chi connectivity index (χ3v) is 3.03. The van der Waals surface area contributed by atoms with Crippen molar-refractivity contribution in [3.8, 4) is 0 Å². The Hall–Kier alpha value is -0.450. The second-order valence-electron chi connectivity index (χ2n) is 5.66. The monoisotopic (exact) mass is 247 g/mol. The Bertz CT molecular complexity index is 244. The minimum Gasteiger partial charge on any atom is -0.368 e. The fraction of sp³-hybridized carbons (Fsp3) is 0.846. The van der Waals surface area contributed by atoms with Gasteiger partial charge in [-0.3, -0.25) is 0 Å². The molecule has 102 valence electrons. The summed E-state index contributed by atoms with van der Waals surface area (Å²) < 4.78 is 12.3. The van der Waals surface area contributed by atoms with Crippen LogP contribution in [0.1, 0.15) is 34.1 Å². The summed E-state index contributed by atoms with van der Waals surface area (Å²) in [7, 11) is 2.08. The first kappa shape index (κ1) is 16.6. The van der Waals surface area contributed by atoms with Crippen LogP contribution in [0.5, 0.6) is 0 Å². The van der Waals surface area contributed by atoms with Crippen LogP contribution in [-0.4, -0.2) is 41.5 Å². The molecule has 1 heterocycles.